The van der Waals surface area contributed by atoms with Gasteiger partial charge in [-0.25, -0.2) is 0 Å². The molecule has 7 nitrogen and oxygen atoms in total. The van der Waals surface area contributed by atoms with E-state index in [0.29, 0.717) is 23.7 Å². The van der Waals surface area contributed by atoms with Gasteiger partial charge in [0, 0.05) is 11.3 Å². The SMILES string of the molecule is CSC1(CNc2cc3c(cc2[N+](=O)[O-])OCC(=O)N3)CC1. The molecule has 8 heteroatoms. The number of ether oxygens (including phenoxy) is 1. The maximum atomic E-state index is 11.3. The molecule has 1 aromatic carbocycles. The molecule has 1 fully saturated rings. The molecule has 0 unspecified atom stereocenters. The summed E-state index contributed by atoms with van der Waals surface area (Å²) in [4.78, 5) is 22.1. The van der Waals surface area contributed by atoms with Crippen LogP contribution < -0.4 is 15.4 Å². The van der Waals surface area contributed by atoms with E-state index in [2.05, 4.69) is 10.6 Å². The number of carbonyl (C=O) groups is 1. The van der Waals surface area contributed by atoms with E-state index in [1.807, 2.05) is 6.26 Å². The minimum atomic E-state index is -0.443. The van der Waals surface area contributed by atoms with Crippen molar-refractivity contribution in [2.45, 2.75) is 17.6 Å². The third-order valence-electron chi connectivity index (χ3n) is 3.77. The summed E-state index contributed by atoms with van der Waals surface area (Å²) in [6.45, 7) is 0.551. The zero-order chi connectivity index (χ0) is 15.0. The second-order valence-electron chi connectivity index (χ2n) is 5.20. The van der Waals surface area contributed by atoms with Crippen molar-refractivity contribution in [1.82, 2.24) is 0 Å². The molecule has 2 N–H and O–H groups in total. The van der Waals surface area contributed by atoms with Crippen molar-refractivity contribution in [3.63, 3.8) is 0 Å². The van der Waals surface area contributed by atoms with Crippen LogP contribution in [0.5, 0.6) is 5.75 Å². The number of anilines is 2. The van der Waals surface area contributed by atoms with E-state index in [-0.39, 0.29) is 22.9 Å². The molecule has 3 rings (SSSR count). The number of nitrogens with zero attached hydrogens (tertiary/aromatic N) is 1. The van der Waals surface area contributed by atoms with Crippen molar-refractivity contribution in [3.05, 3.63) is 22.2 Å². The van der Waals surface area contributed by atoms with Crippen molar-refractivity contribution in [1.29, 1.82) is 0 Å². The summed E-state index contributed by atoms with van der Waals surface area (Å²) in [5.41, 5.74) is 0.833. The van der Waals surface area contributed by atoms with E-state index < -0.39 is 4.92 Å². The highest BCUT2D eigenvalue weighted by atomic mass is 32.2. The number of amides is 1. The van der Waals surface area contributed by atoms with Crippen molar-refractivity contribution in [2.24, 2.45) is 0 Å². The Morgan fingerprint density at radius 3 is 2.90 bits per heavy atom. The fraction of sp³-hybridized carbons (Fsp3) is 0.462. The molecule has 0 bridgehead atoms. The molecule has 1 saturated carbocycles. The normalized spacial score (nSPS) is 18.2. The van der Waals surface area contributed by atoms with Crippen LogP contribution in [-0.4, -0.2) is 35.0 Å². The Kier molecular flexibility index (Phi) is 3.40. The second-order valence-corrected chi connectivity index (χ2v) is 6.47. The van der Waals surface area contributed by atoms with Gasteiger partial charge in [-0.05, 0) is 25.2 Å². The summed E-state index contributed by atoms with van der Waals surface area (Å²) in [5.74, 6) is 0.0722. The summed E-state index contributed by atoms with van der Waals surface area (Å²) >= 11 is 1.77. The van der Waals surface area contributed by atoms with Gasteiger partial charge in [0.1, 0.15) is 5.69 Å². The van der Waals surface area contributed by atoms with Gasteiger partial charge < -0.3 is 15.4 Å². The minimum Gasteiger partial charge on any atom is -0.481 e. The van der Waals surface area contributed by atoms with Gasteiger partial charge in [0.2, 0.25) is 0 Å². The number of hydrogen-bond donors (Lipinski definition) is 2. The number of nitro benzene ring substituents is 1. The highest BCUT2D eigenvalue weighted by Gasteiger charge is 2.42. The van der Waals surface area contributed by atoms with E-state index in [1.165, 1.54) is 6.07 Å². The zero-order valence-corrected chi connectivity index (χ0v) is 12.3. The van der Waals surface area contributed by atoms with Crippen LogP contribution in [0.1, 0.15) is 12.8 Å². The molecule has 0 atom stereocenters. The highest BCUT2D eigenvalue weighted by Crippen LogP contribution is 2.47. The molecule has 1 amide bonds. The first kappa shape index (κ1) is 14.0. The van der Waals surface area contributed by atoms with Gasteiger partial charge in [-0.15, -0.1) is 0 Å². The number of rotatable bonds is 5. The van der Waals surface area contributed by atoms with Gasteiger partial charge in [-0.2, -0.15) is 11.8 Å². The van der Waals surface area contributed by atoms with Crippen LogP contribution in [0.4, 0.5) is 17.1 Å². The topological polar surface area (TPSA) is 93.5 Å². The Morgan fingerprint density at radius 2 is 2.29 bits per heavy atom. The predicted octanol–water partition coefficient (Wildman–Crippen LogP) is 2.23. The minimum absolute atomic E-state index is 0.0400. The highest BCUT2D eigenvalue weighted by molar-refractivity contribution is 8.00. The van der Waals surface area contributed by atoms with Gasteiger partial charge >= 0.3 is 0 Å². The summed E-state index contributed by atoms with van der Waals surface area (Å²) in [7, 11) is 0. The third-order valence-corrected chi connectivity index (χ3v) is 5.19. The van der Waals surface area contributed by atoms with E-state index in [0.717, 1.165) is 12.8 Å². The number of benzene rings is 1. The Labute approximate surface area is 125 Å². The molecule has 0 saturated heterocycles. The average Bonchev–Trinajstić information content (AvgIpc) is 3.24. The Bertz CT molecular complexity index is 616. The monoisotopic (exact) mass is 309 g/mol. The van der Waals surface area contributed by atoms with Crippen LogP contribution in [0.3, 0.4) is 0 Å². The lowest BCUT2D eigenvalue weighted by Gasteiger charge is -2.20. The lowest BCUT2D eigenvalue weighted by Crippen LogP contribution is -2.26. The molecular weight excluding hydrogens is 294 g/mol. The smallest absolute Gasteiger partial charge is 0.296 e. The molecule has 2 aliphatic rings. The van der Waals surface area contributed by atoms with Gasteiger partial charge in [0.15, 0.2) is 12.4 Å². The first-order valence-electron chi connectivity index (χ1n) is 6.57. The second kappa shape index (κ2) is 5.10. The lowest BCUT2D eigenvalue weighted by atomic mass is 10.2. The van der Waals surface area contributed by atoms with Crippen LogP contribution in [0.15, 0.2) is 12.1 Å². The van der Waals surface area contributed by atoms with E-state index >= 15 is 0 Å². The number of nitro groups is 1. The van der Waals surface area contributed by atoms with E-state index in [9.17, 15) is 14.9 Å². The maximum absolute atomic E-state index is 11.3. The first-order chi connectivity index (χ1) is 10.0. The lowest BCUT2D eigenvalue weighted by molar-refractivity contribution is -0.384. The predicted molar refractivity (Wildman–Crippen MR) is 81.2 cm³/mol. The molecular formula is C13H15N3O4S. The molecule has 112 valence electrons. The van der Waals surface area contributed by atoms with E-state index in [4.69, 9.17) is 4.74 Å². The van der Waals surface area contributed by atoms with Crippen LogP contribution in [-0.2, 0) is 4.79 Å². The Balaban J connectivity index is 1.88. The quantitative estimate of drug-likeness (QED) is 0.640. The summed E-state index contributed by atoms with van der Waals surface area (Å²) < 4.78 is 5.40. The van der Waals surface area contributed by atoms with Crippen molar-refractivity contribution < 1.29 is 14.5 Å². The fourth-order valence-corrected chi connectivity index (χ4v) is 2.98. The number of carbonyl (C=O) groups excluding carboxylic acids is 1. The standard InChI is InChI=1S/C13H15N3O4S/c1-21-13(2-3-13)7-14-8-4-9-11(5-10(8)16(18)19)20-6-12(17)15-9/h4-5,14H,2-3,6-7H2,1H3,(H,15,17). The first-order valence-corrected chi connectivity index (χ1v) is 7.80. The Hall–Kier alpha value is -1.96. The molecule has 1 aliphatic carbocycles. The number of hydrogen-bond acceptors (Lipinski definition) is 6. The number of thioether (sulfide) groups is 1. The molecule has 1 aliphatic heterocycles. The van der Waals surface area contributed by atoms with Crippen molar-refractivity contribution in [3.8, 4) is 5.75 Å². The van der Waals surface area contributed by atoms with Crippen LogP contribution in [0.25, 0.3) is 0 Å². The number of fused-ring (bicyclic) bond motifs is 1. The van der Waals surface area contributed by atoms with Crippen molar-refractivity contribution >= 4 is 34.7 Å². The molecule has 0 spiro atoms. The molecule has 1 heterocycles. The zero-order valence-electron chi connectivity index (χ0n) is 11.5. The van der Waals surface area contributed by atoms with Gasteiger partial charge in [-0.3, -0.25) is 14.9 Å². The summed E-state index contributed by atoms with van der Waals surface area (Å²) in [6.07, 6.45) is 4.27. The molecule has 0 aromatic heterocycles. The Morgan fingerprint density at radius 1 is 1.52 bits per heavy atom. The van der Waals surface area contributed by atoms with Gasteiger partial charge in [-0.1, -0.05) is 0 Å². The molecule has 1 aromatic rings. The maximum Gasteiger partial charge on any atom is 0.296 e. The summed E-state index contributed by atoms with van der Waals surface area (Å²) in [6, 6.07) is 2.93. The van der Waals surface area contributed by atoms with Crippen molar-refractivity contribution in [2.75, 3.05) is 30.0 Å². The summed E-state index contributed by atoms with van der Waals surface area (Å²) in [5, 5.41) is 17.0. The van der Waals surface area contributed by atoms with Crippen LogP contribution in [0, 0.1) is 10.1 Å². The molecule has 21 heavy (non-hydrogen) atoms. The largest absolute Gasteiger partial charge is 0.481 e. The molecule has 0 radical (unpaired) electrons. The van der Waals surface area contributed by atoms with Gasteiger partial charge in [0.05, 0.1) is 16.7 Å². The van der Waals surface area contributed by atoms with Gasteiger partial charge in [0.25, 0.3) is 11.6 Å². The van der Waals surface area contributed by atoms with Crippen LogP contribution >= 0.6 is 11.8 Å². The average molecular weight is 309 g/mol. The van der Waals surface area contributed by atoms with E-state index in [1.54, 1.807) is 17.8 Å². The fourth-order valence-electron chi connectivity index (χ4n) is 2.26. The van der Waals surface area contributed by atoms with Crippen LogP contribution in [0.2, 0.25) is 0 Å². The third kappa shape index (κ3) is 2.76. The number of nitrogens with one attached hydrogen (secondary N) is 2.